The zero-order chi connectivity index (χ0) is 24.1. The molecule has 176 valence electrons. The molecule has 4 rings (SSSR count). The van der Waals surface area contributed by atoms with Gasteiger partial charge < -0.3 is 19.9 Å². The third-order valence-electron chi connectivity index (χ3n) is 5.40. The van der Waals surface area contributed by atoms with Crippen molar-refractivity contribution in [3.63, 3.8) is 0 Å². The lowest BCUT2D eigenvalue weighted by atomic mass is 9.98. The first-order chi connectivity index (χ1) is 16.4. The van der Waals surface area contributed by atoms with Crippen LogP contribution in [0.5, 0.6) is 0 Å². The zero-order valence-electron chi connectivity index (χ0n) is 18.5. The van der Waals surface area contributed by atoms with Crippen molar-refractivity contribution >= 4 is 23.8 Å². The van der Waals surface area contributed by atoms with Crippen molar-refractivity contribution in [3.8, 4) is 11.1 Å². The summed E-state index contributed by atoms with van der Waals surface area (Å²) in [4.78, 5) is 35.5. The number of anilines is 1. The van der Waals surface area contributed by atoms with E-state index in [9.17, 15) is 14.4 Å². The summed E-state index contributed by atoms with van der Waals surface area (Å²) in [6, 6.07) is 16.1. The van der Waals surface area contributed by atoms with Gasteiger partial charge in [-0.1, -0.05) is 48.5 Å². The van der Waals surface area contributed by atoms with Crippen LogP contribution in [0.2, 0.25) is 0 Å². The van der Waals surface area contributed by atoms with Gasteiger partial charge in [0, 0.05) is 25.7 Å². The van der Waals surface area contributed by atoms with Crippen LogP contribution in [-0.2, 0) is 21.3 Å². The third-order valence-corrected chi connectivity index (χ3v) is 5.40. The lowest BCUT2D eigenvalue weighted by Crippen LogP contribution is -2.29. The van der Waals surface area contributed by atoms with Gasteiger partial charge in [-0.05, 0) is 22.3 Å². The van der Waals surface area contributed by atoms with E-state index in [1.807, 2.05) is 36.4 Å². The van der Waals surface area contributed by atoms with E-state index in [1.165, 1.54) is 10.9 Å². The Labute approximate surface area is 195 Å². The molecule has 0 saturated heterocycles. The van der Waals surface area contributed by atoms with E-state index in [1.54, 1.807) is 7.05 Å². The van der Waals surface area contributed by atoms with Crippen LogP contribution in [0, 0.1) is 0 Å². The Morgan fingerprint density at radius 1 is 1.06 bits per heavy atom. The molecule has 10 nitrogen and oxygen atoms in total. The summed E-state index contributed by atoms with van der Waals surface area (Å²) < 4.78 is 11.8. The third kappa shape index (κ3) is 5.07. The number of hydrogen-bond acceptors (Lipinski definition) is 6. The number of carbonyl (C=O) groups is 3. The minimum Gasteiger partial charge on any atom is -0.480 e. The predicted molar refractivity (Wildman–Crippen MR) is 123 cm³/mol. The van der Waals surface area contributed by atoms with Crippen molar-refractivity contribution in [2.75, 3.05) is 31.7 Å². The highest BCUT2D eigenvalue weighted by molar-refractivity contribution is 6.01. The SMILES string of the molecule is Cn1cc(C(=O)NCCOCC(=O)O)c(NC(=O)OCC2c3ccccc3-c3ccccc32)n1. The van der Waals surface area contributed by atoms with Gasteiger partial charge in [0.05, 0.1) is 6.61 Å². The fourth-order valence-electron chi connectivity index (χ4n) is 3.97. The molecule has 0 spiro atoms. The number of amides is 2. The van der Waals surface area contributed by atoms with Crippen molar-refractivity contribution in [2.24, 2.45) is 7.05 Å². The average molecular weight is 464 g/mol. The van der Waals surface area contributed by atoms with Gasteiger partial charge >= 0.3 is 12.1 Å². The molecule has 0 aliphatic heterocycles. The van der Waals surface area contributed by atoms with Crippen LogP contribution >= 0.6 is 0 Å². The second-order valence-electron chi connectivity index (χ2n) is 7.72. The van der Waals surface area contributed by atoms with Crippen molar-refractivity contribution in [1.82, 2.24) is 15.1 Å². The quantitative estimate of drug-likeness (QED) is 0.415. The molecule has 2 aromatic carbocycles. The summed E-state index contributed by atoms with van der Waals surface area (Å²) in [6.45, 7) is -0.175. The first-order valence-corrected chi connectivity index (χ1v) is 10.7. The molecule has 0 saturated carbocycles. The monoisotopic (exact) mass is 464 g/mol. The van der Waals surface area contributed by atoms with Crippen LogP contribution in [0.3, 0.4) is 0 Å². The fourth-order valence-corrected chi connectivity index (χ4v) is 3.97. The average Bonchev–Trinajstić information content (AvgIpc) is 3.34. The van der Waals surface area contributed by atoms with Crippen LogP contribution in [0.1, 0.15) is 27.4 Å². The number of carboxylic acid groups (broad SMARTS) is 1. The number of nitrogens with one attached hydrogen (secondary N) is 2. The Bertz CT molecular complexity index is 1180. The van der Waals surface area contributed by atoms with E-state index in [4.69, 9.17) is 14.6 Å². The number of nitrogens with zero attached hydrogens (tertiary/aromatic N) is 2. The molecule has 0 radical (unpaired) electrons. The van der Waals surface area contributed by atoms with Gasteiger partial charge in [0.2, 0.25) is 0 Å². The summed E-state index contributed by atoms with van der Waals surface area (Å²) in [7, 11) is 1.62. The molecule has 3 aromatic rings. The Morgan fingerprint density at radius 3 is 2.35 bits per heavy atom. The van der Waals surface area contributed by atoms with Gasteiger partial charge in [0.15, 0.2) is 5.82 Å². The molecule has 1 heterocycles. The molecule has 2 amide bonds. The smallest absolute Gasteiger partial charge is 0.412 e. The van der Waals surface area contributed by atoms with Crippen LogP contribution in [0.4, 0.5) is 10.6 Å². The molecule has 1 aliphatic rings. The number of ether oxygens (including phenoxy) is 2. The van der Waals surface area contributed by atoms with Gasteiger partial charge in [0.25, 0.3) is 5.91 Å². The highest BCUT2D eigenvalue weighted by atomic mass is 16.5. The van der Waals surface area contributed by atoms with Crippen LogP contribution < -0.4 is 10.6 Å². The number of fused-ring (bicyclic) bond motifs is 3. The molecule has 0 atom stereocenters. The van der Waals surface area contributed by atoms with E-state index < -0.39 is 24.6 Å². The Hall–Kier alpha value is -4.18. The van der Waals surface area contributed by atoms with E-state index in [2.05, 4.69) is 27.9 Å². The van der Waals surface area contributed by atoms with Crippen LogP contribution in [-0.4, -0.2) is 59.2 Å². The number of benzene rings is 2. The maximum atomic E-state index is 12.6. The molecule has 0 fully saturated rings. The van der Waals surface area contributed by atoms with Crippen LogP contribution in [0.15, 0.2) is 54.7 Å². The molecule has 1 aliphatic carbocycles. The molecule has 1 aromatic heterocycles. The molecule has 0 bridgehead atoms. The second kappa shape index (κ2) is 10.2. The number of rotatable bonds is 9. The van der Waals surface area contributed by atoms with E-state index >= 15 is 0 Å². The van der Waals surface area contributed by atoms with Crippen molar-refractivity contribution in [2.45, 2.75) is 5.92 Å². The van der Waals surface area contributed by atoms with Gasteiger partial charge in [0.1, 0.15) is 18.8 Å². The molecule has 3 N–H and O–H groups in total. The zero-order valence-corrected chi connectivity index (χ0v) is 18.5. The van der Waals surface area contributed by atoms with E-state index in [-0.39, 0.29) is 37.1 Å². The van der Waals surface area contributed by atoms with Gasteiger partial charge in [-0.15, -0.1) is 0 Å². The Balaban J connectivity index is 1.36. The standard InChI is InChI=1S/C24H24N4O6/c1-28-12-19(23(31)25-10-11-33-14-21(29)30)22(27-28)26-24(32)34-13-20-17-8-4-2-6-15(17)16-7-3-5-9-18(16)20/h2-9,12,20H,10-11,13-14H2,1H3,(H,25,31)(H,29,30)(H,26,27,32). The fraction of sp³-hybridized carbons (Fsp3) is 0.250. The van der Waals surface area contributed by atoms with Crippen molar-refractivity contribution < 1.29 is 29.0 Å². The molecule has 0 unspecified atom stereocenters. The lowest BCUT2D eigenvalue weighted by Gasteiger charge is -2.14. The lowest BCUT2D eigenvalue weighted by molar-refractivity contribution is -0.142. The Morgan fingerprint density at radius 2 is 1.71 bits per heavy atom. The first-order valence-electron chi connectivity index (χ1n) is 10.7. The summed E-state index contributed by atoms with van der Waals surface area (Å²) in [5.41, 5.74) is 4.60. The number of aliphatic carboxylic acids is 1. The highest BCUT2D eigenvalue weighted by Crippen LogP contribution is 2.44. The van der Waals surface area contributed by atoms with Crippen LogP contribution in [0.25, 0.3) is 11.1 Å². The highest BCUT2D eigenvalue weighted by Gasteiger charge is 2.29. The number of carboxylic acids is 1. The number of aromatic nitrogens is 2. The topological polar surface area (TPSA) is 132 Å². The normalized spacial score (nSPS) is 12.0. The number of carbonyl (C=O) groups excluding carboxylic acids is 2. The summed E-state index contributed by atoms with van der Waals surface area (Å²) in [6.07, 6.45) is 0.742. The molecular weight excluding hydrogens is 440 g/mol. The number of aryl methyl sites for hydroxylation is 1. The van der Waals surface area contributed by atoms with Crippen molar-refractivity contribution in [1.29, 1.82) is 0 Å². The van der Waals surface area contributed by atoms with E-state index in [0.717, 1.165) is 22.3 Å². The minimum absolute atomic E-state index is 0.0352. The second-order valence-corrected chi connectivity index (χ2v) is 7.72. The van der Waals surface area contributed by atoms with Gasteiger partial charge in [-0.2, -0.15) is 5.10 Å². The molecular formula is C24H24N4O6. The number of hydrogen-bond donors (Lipinski definition) is 3. The summed E-state index contributed by atoms with van der Waals surface area (Å²) >= 11 is 0. The molecule has 10 heteroatoms. The van der Waals surface area contributed by atoms with Gasteiger partial charge in [-0.25, -0.2) is 9.59 Å². The molecule has 34 heavy (non-hydrogen) atoms. The summed E-state index contributed by atoms with van der Waals surface area (Å²) in [5, 5.41) is 17.8. The minimum atomic E-state index is -1.09. The van der Waals surface area contributed by atoms with E-state index in [0.29, 0.717) is 0 Å². The largest absolute Gasteiger partial charge is 0.480 e. The predicted octanol–water partition coefficient (Wildman–Crippen LogP) is 2.61. The maximum absolute atomic E-state index is 12.6. The van der Waals surface area contributed by atoms with Crippen molar-refractivity contribution in [3.05, 3.63) is 71.4 Å². The maximum Gasteiger partial charge on any atom is 0.412 e. The Kier molecular flexibility index (Phi) is 6.88. The van der Waals surface area contributed by atoms with Gasteiger partial charge in [-0.3, -0.25) is 14.8 Å². The summed E-state index contributed by atoms with van der Waals surface area (Å²) in [5.74, 6) is -1.60. The first kappa shape index (κ1) is 23.0.